The molecule has 0 bridgehead atoms. The maximum Gasteiger partial charge on any atom is 0.240 e. The fourth-order valence-corrected chi connectivity index (χ4v) is 2.64. The molecule has 2 fully saturated rings. The number of carbonyl (C=O) groups excluding carboxylic acids is 1. The second-order valence-corrected chi connectivity index (χ2v) is 4.33. The van der Waals surface area contributed by atoms with Gasteiger partial charge in [0.05, 0.1) is 6.04 Å². The fourth-order valence-electron chi connectivity index (χ4n) is 1.71. The molecule has 0 saturated carbocycles. The molecular weight excluding hydrogens is 172 g/mol. The zero-order chi connectivity index (χ0) is 8.39. The summed E-state index contributed by atoms with van der Waals surface area (Å²) in [5.41, 5.74) is 0. The van der Waals surface area contributed by atoms with Crippen LogP contribution in [-0.4, -0.2) is 41.6 Å². The lowest BCUT2D eigenvalue weighted by atomic mass is 10.3. The van der Waals surface area contributed by atoms with Gasteiger partial charge in [0.1, 0.15) is 0 Å². The van der Waals surface area contributed by atoms with Crippen LogP contribution in [0.15, 0.2) is 0 Å². The molecule has 0 aromatic heterocycles. The molecule has 0 aromatic rings. The Morgan fingerprint density at radius 2 is 2.17 bits per heavy atom. The molecule has 0 aromatic carbocycles. The van der Waals surface area contributed by atoms with Gasteiger partial charge in [-0.1, -0.05) is 0 Å². The van der Waals surface area contributed by atoms with Crippen LogP contribution in [0.1, 0.15) is 12.8 Å². The maximum atomic E-state index is 11.7. The van der Waals surface area contributed by atoms with E-state index in [2.05, 4.69) is 5.32 Å². The van der Waals surface area contributed by atoms with Crippen molar-refractivity contribution in [2.45, 2.75) is 18.9 Å². The van der Waals surface area contributed by atoms with Crippen LogP contribution >= 0.6 is 11.8 Å². The number of nitrogens with zero attached hydrogens (tertiary/aromatic N) is 1. The number of rotatable bonds is 1. The van der Waals surface area contributed by atoms with Crippen molar-refractivity contribution >= 4 is 17.7 Å². The predicted molar refractivity (Wildman–Crippen MR) is 50.1 cm³/mol. The number of likely N-dealkylation sites (tertiary alicyclic amines) is 1. The van der Waals surface area contributed by atoms with Gasteiger partial charge < -0.3 is 4.90 Å². The minimum absolute atomic E-state index is 0.105. The highest BCUT2D eigenvalue weighted by Gasteiger charge is 2.28. The van der Waals surface area contributed by atoms with Crippen LogP contribution in [0.2, 0.25) is 0 Å². The van der Waals surface area contributed by atoms with Gasteiger partial charge in [0.2, 0.25) is 5.91 Å². The molecule has 0 radical (unpaired) electrons. The molecule has 0 spiro atoms. The van der Waals surface area contributed by atoms with Gasteiger partial charge in [0.25, 0.3) is 0 Å². The molecule has 2 aliphatic heterocycles. The highest BCUT2D eigenvalue weighted by atomic mass is 32.2. The average Bonchev–Trinajstić information content (AvgIpc) is 2.77. The molecule has 3 nitrogen and oxygen atoms in total. The van der Waals surface area contributed by atoms with E-state index in [0.29, 0.717) is 5.91 Å². The van der Waals surface area contributed by atoms with Crippen LogP contribution in [0.4, 0.5) is 0 Å². The van der Waals surface area contributed by atoms with Crippen molar-refractivity contribution < 1.29 is 4.79 Å². The van der Waals surface area contributed by atoms with Crippen LogP contribution in [0, 0.1) is 0 Å². The largest absolute Gasteiger partial charge is 0.341 e. The Hall–Kier alpha value is -0.220. The molecule has 12 heavy (non-hydrogen) atoms. The quantitative estimate of drug-likeness (QED) is 0.638. The van der Waals surface area contributed by atoms with Crippen LogP contribution in [0.25, 0.3) is 0 Å². The van der Waals surface area contributed by atoms with Crippen molar-refractivity contribution in [3.8, 4) is 0 Å². The van der Waals surface area contributed by atoms with E-state index in [9.17, 15) is 4.79 Å². The lowest BCUT2D eigenvalue weighted by Gasteiger charge is -2.19. The van der Waals surface area contributed by atoms with Crippen molar-refractivity contribution in [3.63, 3.8) is 0 Å². The van der Waals surface area contributed by atoms with Crippen molar-refractivity contribution in [1.29, 1.82) is 0 Å². The number of nitrogens with one attached hydrogen (secondary N) is 1. The first-order chi connectivity index (χ1) is 5.88. The van der Waals surface area contributed by atoms with E-state index in [4.69, 9.17) is 0 Å². The van der Waals surface area contributed by atoms with Gasteiger partial charge in [-0.15, -0.1) is 11.8 Å². The van der Waals surface area contributed by atoms with Crippen molar-refractivity contribution in [1.82, 2.24) is 10.2 Å². The van der Waals surface area contributed by atoms with Crippen molar-refractivity contribution in [2.24, 2.45) is 0 Å². The normalized spacial score (nSPS) is 29.7. The molecule has 0 unspecified atom stereocenters. The molecule has 68 valence electrons. The first-order valence-corrected chi connectivity index (χ1v) is 5.63. The molecular formula is C8H14N2OS. The minimum atomic E-state index is 0.105. The third kappa shape index (κ3) is 1.59. The number of hydrogen-bond donors (Lipinski definition) is 1. The molecule has 1 amide bonds. The Labute approximate surface area is 76.9 Å². The molecule has 2 heterocycles. The van der Waals surface area contributed by atoms with Gasteiger partial charge in [-0.25, -0.2) is 0 Å². The zero-order valence-corrected chi connectivity index (χ0v) is 7.90. The topological polar surface area (TPSA) is 32.3 Å². The second kappa shape index (κ2) is 3.66. The molecule has 2 rings (SSSR count). The molecule has 1 N–H and O–H groups in total. The fraction of sp³-hybridized carbons (Fsp3) is 0.875. The summed E-state index contributed by atoms with van der Waals surface area (Å²) in [7, 11) is 0. The van der Waals surface area contributed by atoms with E-state index in [-0.39, 0.29) is 6.04 Å². The standard InChI is InChI=1S/C8H14N2OS/c11-8(7-5-12-6-9-7)10-3-1-2-4-10/h7,9H,1-6H2/t7-/m0/s1. The molecule has 2 saturated heterocycles. The monoisotopic (exact) mass is 186 g/mol. The minimum Gasteiger partial charge on any atom is -0.341 e. The second-order valence-electron chi connectivity index (χ2n) is 3.30. The van der Waals surface area contributed by atoms with E-state index in [1.807, 2.05) is 16.7 Å². The third-order valence-corrected chi connectivity index (χ3v) is 3.37. The summed E-state index contributed by atoms with van der Waals surface area (Å²) in [6.45, 7) is 1.95. The summed E-state index contributed by atoms with van der Waals surface area (Å²) < 4.78 is 0. The molecule has 2 aliphatic rings. The van der Waals surface area contributed by atoms with E-state index in [0.717, 1.165) is 24.7 Å². The third-order valence-electron chi connectivity index (χ3n) is 2.43. The number of thioether (sulfide) groups is 1. The van der Waals surface area contributed by atoms with Gasteiger partial charge in [-0.3, -0.25) is 10.1 Å². The summed E-state index contributed by atoms with van der Waals surface area (Å²) in [4.78, 5) is 13.7. The Balaban J connectivity index is 1.89. The maximum absolute atomic E-state index is 11.7. The highest BCUT2D eigenvalue weighted by Crippen LogP contribution is 2.15. The van der Waals surface area contributed by atoms with Crippen molar-refractivity contribution in [2.75, 3.05) is 24.7 Å². The highest BCUT2D eigenvalue weighted by molar-refractivity contribution is 7.99. The average molecular weight is 186 g/mol. The molecule has 4 heteroatoms. The van der Waals surface area contributed by atoms with Crippen LogP contribution in [0.5, 0.6) is 0 Å². The molecule has 1 atom stereocenters. The van der Waals surface area contributed by atoms with E-state index in [1.54, 1.807) is 0 Å². The number of carbonyl (C=O) groups is 1. The SMILES string of the molecule is O=C([C@@H]1CSCN1)N1CCCC1. The predicted octanol–water partition coefficient (Wildman–Crippen LogP) is 0.271. The summed E-state index contributed by atoms with van der Waals surface area (Å²) in [5.74, 6) is 2.21. The smallest absolute Gasteiger partial charge is 0.240 e. The first-order valence-electron chi connectivity index (χ1n) is 4.48. The van der Waals surface area contributed by atoms with Gasteiger partial charge in [0, 0.05) is 24.7 Å². The Bertz CT molecular complexity index is 156. The van der Waals surface area contributed by atoms with Crippen LogP contribution < -0.4 is 5.32 Å². The summed E-state index contributed by atoms with van der Waals surface area (Å²) in [5, 5.41) is 3.20. The summed E-state index contributed by atoms with van der Waals surface area (Å²) >= 11 is 1.81. The van der Waals surface area contributed by atoms with Gasteiger partial charge in [-0.05, 0) is 12.8 Å². The lowest BCUT2D eigenvalue weighted by Crippen LogP contribution is -2.43. The van der Waals surface area contributed by atoms with Gasteiger partial charge in [-0.2, -0.15) is 0 Å². The molecule has 0 aliphatic carbocycles. The van der Waals surface area contributed by atoms with E-state index in [1.165, 1.54) is 12.8 Å². The summed E-state index contributed by atoms with van der Waals surface area (Å²) in [6, 6.07) is 0.105. The number of hydrogen-bond acceptors (Lipinski definition) is 3. The number of amides is 1. The summed E-state index contributed by atoms with van der Waals surface area (Å²) in [6.07, 6.45) is 2.37. The van der Waals surface area contributed by atoms with Crippen LogP contribution in [0.3, 0.4) is 0 Å². The van der Waals surface area contributed by atoms with Gasteiger partial charge in [0.15, 0.2) is 0 Å². The van der Waals surface area contributed by atoms with E-state index < -0.39 is 0 Å². The van der Waals surface area contributed by atoms with Crippen molar-refractivity contribution in [3.05, 3.63) is 0 Å². The first kappa shape index (κ1) is 8.38. The Kier molecular flexibility index (Phi) is 2.56. The Morgan fingerprint density at radius 1 is 1.42 bits per heavy atom. The van der Waals surface area contributed by atoms with Crippen LogP contribution in [-0.2, 0) is 4.79 Å². The van der Waals surface area contributed by atoms with E-state index >= 15 is 0 Å². The zero-order valence-electron chi connectivity index (χ0n) is 7.08. The Morgan fingerprint density at radius 3 is 2.75 bits per heavy atom. The lowest BCUT2D eigenvalue weighted by molar-refractivity contribution is -0.131. The van der Waals surface area contributed by atoms with Gasteiger partial charge >= 0.3 is 0 Å².